The van der Waals surface area contributed by atoms with E-state index in [0.29, 0.717) is 5.41 Å². The van der Waals surface area contributed by atoms with Gasteiger partial charge >= 0.3 is 0 Å². The number of rotatable bonds is 3. The zero-order chi connectivity index (χ0) is 11.3. The van der Waals surface area contributed by atoms with Crippen LogP contribution in [0.2, 0.25) is 0 Å². The van der Waals surface area contributed by atoms with Crippen molar-refractivity contribution in [2.75, 3.05) is 19.6 Å². The van der Waals surface area contributed by atoms with Crippen LogP contribution < -0.4 is 5.32 Å². The lowest BCUT2D eigenvalue weighted by atomic mass is 9.83. The van der Waals surface area contributed by atoms with Gasteiger partial charge in [-0.15, -0.1) is 0 Å². The van der Waals surface area contributed by atoms with Crippen molar-refractivity contribution in [3.8, 4) is 0 Å². The molecule has 0 aromatic carbocycles. The normalized spacial score (nSPS) is 20.1. The molecule has 0 amide bonds. The summed E-state index contributed by atoms with van der Waals surface area (Å²) in [7, 11) is 0. The zero-order valence-corrected chi connectivity index (χ0v) is 11.1. The molecule has 0 saturated carbocycles. The maximum Gasteiger partial charge on any atom is 0.168 e. The number of unbranched alkanes of at least 4 members (excludes halogenated alkanes) is 1. The average molecular weight is 228 g/mol. The predicted octanol–water partition coefficient (Wildman–Crippen LogP) is 2.78. The van der Waals surface area contributed by atoms with E-state index in [0.717, 1.165) is 24.7 Å². The summed E-state index contributed by atoms with van der Waals surface area (Å²) in [4.78, 5) is 2.32. The van der Waals surface area contributed by atoms with Crippen LogP contribution in [-0.4, -0.2) is 29.6 Å². The third-order valence-corrected chi connectivity index (χ3v) is 3.61. The van der Waals surface area contributed by atoms with Crippen molar-refractivity contribution in [3.63, 3.8) is 0 Å². The van der Waals surface area contributed by atoms with Crippen LogP contribution in [0.3, 0.4) is 0 Å². The molecule has 0 aromatic heterocycles. The summed E-state index contributed by atoms with van der Waals surface area (Å²) in [6.45, 7) is 10.1. The highest BCUT2D eigenvalue weighted by molar-refractivity contribution is 7.80. The standard InChI is InChI=1S/C12H24N2S/c1-4-5-8-13-11(15)14-9-6-12(2,3)7-10-14/h4-10H2,1-3H3,(H,13,15). The van der Waals surface area contributed by atoms with Crippen LogP contribution in [0.15, 0.2) is 0 Å². The highest BCUT2D eigenvalue weighted by Crippen LogP contribution is 2.29. The first kappa shape index (κ1) is 12.8. The molecule has 0 unspecified atom stereocenters. The van der Waals surface area contributed by atoms with Gasteiger partial charge in [-0.05, 0) is 36.9 Å². The molecular formula is C12H24N2S. The highest BCUT2D eigenvalue weighted by atomic mass is 32.1. The summed E-state index contributed by atoms with van der Waals surface area (Å²) in [6.07, 6.45) is 4.94. The molecular weight excluding hydrogens is 204 g/mol. The summed E-state index contributed by atoms with van der Waals surface area (Å²) in [5.41, 5.74) is 0.509. The molecule has 0 radical (unpaired) electrons. The molecule has 0 atom stereocenters. The molecule has 1 heterocycles. The SMILES string of the molecule is CCCCNC(=S)N1CCC(C)(C)CC1. The van der Waals surface area contributed by atoms with E-state index in [-0.39, 0.29) is 0 Å². The number of likely N-dealkylation sites (tertiary alicyclic amines) is 1. The van der Waals surface area contributed by atoms with Crippen molar-refractivity contribution in [2.45, 2.75) is 46.5 Å². The minimum Gasteiger partial charge on any atom is -0.363 e. The Morgan fingerprint density at radius 1 is 1.33 bits per heavy atom. The summed E-state index contributed by atoms with van der Waals surface area (Å²) >= 11 is 5.38. The molecule has 1 aliphatic heterocycles. The second-order valence-corrected chi connectivity index (χ2v) is 5.62. The molecule has 3 heteroatoms. The van der Waals surface area contributed by atoms with Gasteiger partial charge in [0.1, 0.15) is 0 Å². The second-order valence-electron chi connectivity index (χ2n) is 5.24. The maximum absolute atomic E-state index is 5.38. The predicted molar refractivity (Wildman–Crippen MR) is 70.1 cm³/mol. The minimum absolute atomic E-state index is 0.509. The monoisotopic (exact) mass is 228 g/mol. The largest absolute Gasteiger partial charge is 0.363 e. The van der Waals surface area contributed by atoms with Crippen molar-refractivity contribution in [3.05, 3.63) is 0 Å². The van der Waals surface area contributed by atoms with Gasteiger partial charge in [0, 0.05) is 19.6 Å². The number of thiocarbonyl (C=S) groups is 1. The molecule has 0 spiro atoms. The third kappa shape index (κ3) is 4.37. The first-order valence-corrected chi connectivity index (χ1v) is 6.49. The second kappa shape index (κ2) is 5.69. The van der Waals surface area contributed by atoms with Gasteiger partial charge in [0.25, 0.3) is 0 Å². The Hall–Kier alpha value is -0.310. The van der Waals surface area contributed by atoms with Gasteiger partial charge in [-0.2, -0.15) is 0 Å². The lowest BCUT2D eigenvalue weighted by molar-refractivity contribution is 0.187. The van der Waals surface area contributed by atoms with Crippen LogP contribution >= 0.6 is 12.2 Å². The van der Waals surface area contributed by atoms with Gasteiger partial charge in [0.2, 0.25) is 0 Å². The van der Waals surface area contributed by atoms with E-state index in [1.165, 1.54) is 25.7 Å². The summed E-state index contributed by atoms with van der Waals surface area (Å²) in [5.74, 6) is 0. The Morgan fingerprint density at radius 3 is 2.47 bits per heavy atom. The molecule has 1 saturated heterocycles. The number of piperidine rings is 1. The van der Waals surface area contributed by atoms with Gasteiger partial charge in [-0.1, -0.05) is 27.2 Å². The van der Waals surface area contributed by atoms with Gasteiger partial charge in [-0.25, -0.2) is 0 Å². The Balaban J connectivity index is 2.24. The molecule has 88 valence electrons. The van der Waals surface area contributed by atoms with Crippen LogP contribution in [0.25, 0.3) is 0 Å². The molecule has 0 aliphatic carbocycles. The smallest absolute Gasteiger partial charge is 0.168 e. The lowest BCUT2D eigenvalue weighted by Crippen LogP contribution is -2.46. The fourth-order valence-electron chi connectivity index (χ4n) is 1.80. The van der Waals surface area contributed by atoms with Crippen molar-refractivity contribution in [1.29, 1.82) is 0 Å². The Labute approximate surface area is 99.4 Å². The number of hydrogen-bond donors (Lipinski definition) is 1. The topological polar surface area (TPSA) is 15.3 Å². The van der Waals surface area contributed by atoms with E-state index in [4.69, 9.17) is 12.2 Å². The van der Waals surface area contributed by atoms with Gasteiger partial charge < -0.3 is 10.2 Å². The van der Waals surface area contributed by atoms with E-state index in [9.17, 15) is 0 Å². The van der Waals surface area contributed by atoms with Crippen molar-refractivity contribution < 1.29 is 0 Å². The van der Waals surface area contributed by atoms with Crippen LogP contribution in [0.4, 0.5) is 0 Å². The van der Waals surface area contributed by atoms with Crippen LogP contribution in [-0.2, 0) is 0 Å². The van der Waals surface area contributed by atoms with E-state index >= 15 is 0 Å². The van der Waals surface area contributed by atoms with Crippen molar-refractivity contribution in [2.24, 2.45) is 5.41 Å². The average Bonchev–Trinajstić information content (AvgIpc) is 2.18. The first-order valence-electron chi connectivity index (χ1n) is 6.08. The molecule has 15 heavy (non-hydrogen) atoms. The molecule has 2 nitrogen and oxygen atoms in total. The summed E-state index contributed by atoms with van der Waals surface area (Å²) in [6, 6.07) is 0. The molecule has 1 N–H and O–H groups in total. The van der Waals surface area contributed by atoms with Gasteiger partial charge in [0.15, 0.2) is 5.11 Å². The van der Waals surface area contributed by atoms with Crippen molar-refractivity contribution in [1.82, 2.24) is 10.2 Å². The molecule has 0 aromatic rings. The Morgan fingerprint density at radius 2 is 1.93 bits per heavy atom. The van der Waals surface area contributed by atoms with E-state index < -0.39 is 0 Å². The zero-order valence-electron chi connectivity index (χ0n) is 10.3. The lowest BCUT2D eigenvalue weighted by Gasteiger charge is -2.38. The molecule has 0 bridgehead atoms. The quantitative estimate of drug-likeness (QED) is 0.591. The van der Waals surface area contributed by atoms with Gasteiger partial charge in [0.05, 0.1) is 0 Å². The molecule has 1 fully saturated rings. The summed E-state index contributed by atoms with van der Waals surface area (Å²) < 4.78 is 0. The minimum atomic E-state index is 0.509. The van der Waals surface area contributed by atoms with Crippen LogP contribution in [0.1, 0.15) is 46.5 Å². The van der Waals surface area contributed by atoms with Crippen LogP contribution in [0.5, 0.6) is 0 Å². The van der Waals surface area contributed by atoms with Gasteiger partial charge in [-0.3, -0.25) is 0 Å². The van der Waals surface area contributed by atoms with E-state index in [1.807, 2.05) is 0 Å². The van der Waals surface area contributed by atoms with Crippen LogP contribution in [0, 0.1) is 5.41 Å². The number of nitrogens with one attached hydrogen (secondary N) is 1. The third-order valence-electron chi connectivity index (χ3n) is 3.21. The highest BCUT2D eigenvalue weighted by Gasteiger charge is 2.26. The molecule has 1 aliphatic rings. The molecule has 1 rings (SSSR count). The fraction of sp³-hybridized carbons (Fsp3) is 0.917. The van der Waals surface area contributed by atoms with Crippen molar-refractivity contribution >= 4 is 17.3 Å². The number of hydrogen-bond acceptors (Lipinski definition) is 1. The van der Waals surface area contributed by atoms with E-state index in [2.05, 4.69) is 31.0 Å². The van der Waals surface area contributed by atoms with E-state index in [1.54, 1.807) is 0 Å². The number of nitrogens with zero attached hydrogens (tertiary/aromatic N) is 1. The first-order chi connectivity index (χ1) is 7.05. The summed E-state index contributed by atoms with van der Waals surface area (Å²) in [5, 5.41) is 4.30. The maximum atomic E-state index is 5.38. The Bertz CT molecular complexity index is 204. The fourth-order valence-corrected chi connectivity index (χ4v) is 2.08. The Kier molecular flexibility index (Phi) is 4.84.